The van der Waals surface area contributed by atoms with Crippen molar-refractivity contribution in [3.8, 4) is 0 Å². The van der Waals surface area contributed by atoms with E-state index in [4.69, 9.17) is 4.74 Å². The summed E-state index contributed by atoms with van der Waals surface area (Å²) in [6.45, 7) is 5.78. The van der Waals surface area contributed by atoms with Crippen LogP contribution in [0.4, 0.5) is 0 Å². The molecule has 4 nitrogen and oxygen atoms in total. The third kappa shape index (κ3) is 1.17. The SMILES string of the molecule is CC(=O)C1C[C@@H]2COC(C)(C)N2C1=O. The zero-order valence-corrected chi connectivity index (χ0v) is 8.74. The maximum Gasteiger partial charge on any atom is 0.235 e. The van der Waals surface area contributed by atoms with Gasteiger partial charge in [-0.15, -0.1) is 0 Å². The Morgan fingerprint density at radius 3 is 2.71 bits per heavy atom. The second kappa shape index (κ2) is 2.79. The molecule has 0 spiro atoms. The molecule has 0 aromatic heterocycles. The molecule has 2 aliphatic rings. The molecule has 14 heavy (non-hydrogen) atoms. The van der Waals surface area contributed by atoms with Crippen molar-refractivity contribution in [2.75, 3.05) is 6.61 Å². The summed E-state index contributed by atoms with van der Waals surface area (Å²) in [5, 5.41) is 0. The predicted molar refractivity (Wildman–Crippen MR) is 49.5 cm³/mol. The van der Waals surface area contributed by atoms with Crippen LogP contribution in [0.15, 0.2) is 0 Å². The molecule has 78 valence electrons. The van der Waals surface area contributed by atoms with E-state index in [1.54, 1.807) is 4.90 Å². The molecule has 1 amide bonds. The lowest BCUT2D eigenvalue weighted by atomic mass is 10.0. The molecule has 2 rings (SSSR count). The first-order chi connectivity index (χ1) is 6.43. The van der Waals surface area contributed by atoms with Crippen LogP contribution in [0.5, 0.6) is 0 Å². The zero-order valence-electron chi connectivity index (χ0n) is 8.74. The zero-order chi connectivity index (χ0) is 10.5. The van der Waals surface area contributed by atoms with Crippen molar-refractivity contribution < 1.29 is 14.3 Å². The number of hydrogen-bond acceptors (Lipinski definition) is 3. The normalized spacial score (nSPS) is 34.8. The predicted octanol–water partition coefficient (Wildman–Crippen LogP) is 0.559. The van der Waals surface area contributed by atoms with Crippen LogP contribution in [0.25, 0.3) is 0 Å². The lowest BCUT2D eigenvalue weighted by Crippen LogP contribution is -2.44. The number of carbonyl (C=O) groups is 2. The fraction of sp³-hybridized carbons (Fsp3) is 0.800. The van der Waals surface area contributed by atoms with Crippen LogP contribution in [0.2, 0.25) is 0 Å². The van der Waals surface area contributed by atoms with E-state index in [-0.39, 0.29) is 17.7 Å². The van der Waals surface area contributed by atoms with Crippen LogP contribution in [-0.2, 0) is 14.3 Å². The van der Waals surface area contributed by atoms with E-state index in [1.807, 2.05) is 13.8 Å². The van der Waals surface area contributed by atoms with Crippen molar-refractivity contribution in [1.29, 1.82) is 0 Å². The Balaban J connectivity index is 2.26. The van der Waals surface area contributed by atoms with Crippen LogP contribution < -0.4 is 0 Å². The van der Waals surface area contributed by atoms with E-state index in [0.717, 1.165) is 0 Å². The van der Waals surface area contributed by atoms with Crippen LogP contribution >= 0.6 is 0 Å². The van der Waals surface area contributed by atoms with E-state index in [0.29, 0.717) is 13.0 Å². The minimum atomic E-state index is -0.536. The second-order valence-electron chi connectivity index (χ2n) is 4.52. The van der Waals surface area contributed by atoms with Gasteiger partial charge in [-0.25, -0.2) is 0 Å². The Labute approximate surface area is 83.2 Å². The van der Waals surface area contributed by atoms with Crippen molar-refractivity contribution >= 4 is 11.7 Å². The molecule has 1 unspecified atom stereocenters. The number of Topliss-reactive ketones (excluding diaryl/α,β-unsaturated/α-hetero) is 1. The van der Waals surface area contributed by atoms with Gasteiger partial charge < -0.3 is 9.64 Å². The Morgan fingerprint density at radius 2 is 2.21 bits per heavy atom. The molecule has 0 N–H and O–H groups in total. The van der Waals surface area contributed by atoms with Crippen LogP contribution in [-0.4, -0.2) is 35.0 Å². The summed E-state index contributed by atoms with van der Waals surface area (Å²) in [5.74, 6) is -0.520. The molecular weight excluding hydrogens is 182 g/mol. The lowest BCUT2D eigenvalue weighted by molar-refractivity contribution is -0.147. The van der Waals surface area contributed by atoms with Gasteiger partial charge in [0.05, 0.1) is 18.6 Å². The van der Waals surface area contributed by atoms with Crippen molar-refractivity contribution in [1.82, 2.24) is 4.90 Å². The van der Waals surface area contributed by atoms with Gasteiger partial charge in [0.25, 0.3) is 0 Å². The molecule has 2 aliphatic heterocycles. The highest BCUT2D eigenvalue weighted by atomic mass is 16.5. The number of ketones is 1. The second-order valence-corrected chi connectivity index (χ2v) is 4.52. The van der Waals surface area contributed by atoms with Gasteiger partial charge in [0.1, 0.15) is 11.5 Å². The van der Waals surface area contributed by atoms with E-state index in [1.165, 1.54) is 6.92 Å². The largest absolute Gasteiger partial charge is 0.354 e. The first-order valence-corrected chi connectivity index (χ1v) is 4.91. The van der Waals surface area contributed by atoms with Gasteiger partial charge in [-0.2, -0.15) is 0 Å². The fourth-order valence-corrected chi connectivity index (χ4v) is 2.38. The van der Waals surface area contributed by atoms with Gasteiger partial charge in [-0.3, -0.25) is 9.59 Å². The van der Waals surface area contributed by atoms with Crippen LogP contribution in [0.3, 0.4) is 0 Å². The summed E-state index contributed by atoms with van der Waals surface area (Å²) in [6, 6.07) is 0.103. The molecular formula is C10H15NO3. The molecule has 2 saturated heterocycles. The molecule has 0 bridgehead atoms. The monoisotopic (exact) mass is 197 g/mol. The van der Waals surface area contributed by atoms with Crippen molar-refractivity contribution in [3.63, 3.8) is 0 Å². The summed E-state index contributed by atoms with van der Waals surface area (Å²) < 4.78 is 5.50. The number of nitrogens with zero attached hydrogens (tertiary/aromatic N) is 1. The quantitative estimate of drug-likeness (QED) is 0.577. The summed E-state index contributed by atoms with van der Waals surface area (Å²) in [7, 11) is 0. The molecule has 0 radical (unpaired) electrons. The Hall–Kier alpha value is -0.900. The van der Waals surface area contributed by atoms with Gasteiger partial charge in [-0.1, -0.05) is 0 Å². The van der Waals surface area contributed by atoms with E-state index >= 15 is 0 Å². The minimum absolute atomic E-state index is 0.0276. The number of ether oxygens (including phenoxy) is 1. The van der Waals surface area contributed by atoms with Crippen LogP contribution in [0, 0.1) is 5.92 Å². The average Bonchev–Trinajstić information content (AvgIpc) is 2.52. The average molecular weight is 197 g/mol. The maximum atomic E-state index is 11.9. The molecule has 2 fully saturated rings. The fourth-order valence-electron chi connectivity index (χ4n) is 2.38. The molecule has 0 aliphatic carbocycles. The number of fused-ring (bicyclic) bond motifs is 1. The number of carbonyl (C=O) groups excluding carboxylic acids is 2. The Kier molecular flexibility index (Phi) is 1.93. The van der Waals surface area contributed by atoms with Gasteiger partial charge in [-0.05, 0) is 27.2 Å². The van der Waals surface area contributed by atoms with Crippen molar-refractivity contribution in [2.45, 2.75) is 39.0 Å². The van der Waals surface area contributed by atoms with Gasteiger partial charge in [0, 0.05) is 0 Å². The number of hydrogen-bond donors (Lipinski definition) is 0. The highest BCUT2D eigenvalue weighted by Crippen LogP contribution is 2.37. The van der Waals surface area contributed by atoms with Gasteiger partial charge >= 0.3 is 0 Å². The minimum Gasteiger partial charge on any atom is -0.354 e. The molecule has 2 heterocycles. The third-order valence-corrected chi connectivity index (χ3v) is 3.11. The first-order valence-electron chi connectivity index (χ1n) is 4.91. The number of amides is 1. The summed E-state index contributed by atoms with van der Waals surface area (Å²) >= 11 is 0. The molecule has 2 atom stereocenters. The van der Waals surface area contributed by atoms with E-state index < -0.39 is 11.6 Å². The first kappa shape index (κ1) is 9.65. The highest BCUT2D eigenvalue weighted by molar-refractivity contribution is 6.02. The molecule has 0 aromatic rings. The third-order valence-electron chi connectivity index (χ3n) is 3.11. The molecule has 4 heteroatoms. The smallest absolute Gasteiger partial charge is 0.235 e. The molecule has 0 aromatic carbocycles. The highest BCUT2D eigenvalue weighted by Gasteiger charge is 2.52. The van der Waals surface area contributed by atoms with Gasteiger partial charge in [0.2, 0.25) is 5.91 Å². The summed E-state index contributed by atoms with van der Waals surface area (Å²) in [4.78, 5) is 24.8. The van der Waals surface area contributed by atoms with Crippen molar-refractivity contribution in [2.24, 2.45) is 5.92 Å². The lowest BCUT2D eigenvalue weighted by Gasteiger charge is -2.29. The molecule has 0 saturated carbocycles. The van der Waals surface area contributed by atoms with Gasteiger partial charge in [0.15, 0.2) is 0 Å². The Morgan fingerprint density at radius 1 is 1.57 bits per heavy atom. The van der Waals surface area contributed by atoms with E-state index in [2.05, 4.69) is 0 Å². The maximum absolute atomic E-state index is 11.9. The standard InChI is InChI=1S/C10H15NO3/c1-6(12)8-4-7-5-14-10(2,3)11(7)9(8)13/h7-8H,4-5H2,1-3H3/t7-,8?/m1/s1. The number of rotatable bonds is 1. The Bertz CT molecular complexity index is 298. The summed E-state index contributed by atoms with van der Waals surface area (Å²) in [5.41, 5.74) is -0.536. The van der Waals surface area contributed by atoms with E-state index in [9.17, 15) is 9.59 Å². The summed E-state index contributed by atoms with van der Waals surface area (Å²) in [6.07, 6.45) is 0.623. The van der Waals surface area contributed by atoms with Crippen LogP contribution in [0.1, 0.15) is 27.2 Å². The topological polar surface area (TPSA) is 46.6 Å². The van der Waals surface area contributed by atoms with Crippen molar-refractivity contribution in [3.05, 3.63) is 0 Å².